The van der Waals surface area contributed by atoms with Crippen molar-refractivity contribution in [2.24, 2.45) is 0 Å². The Balaban J connectivity index is 1.99. The Bertz CT molecular complexity index is 774. The molecule has 2 rings (SSSR count). The number of carbonyl (C=O) groups is 3. The highest BCUT2D eigenvalue weighted by molar-refractivity contribution is 5.88. The number of nitrogens with zero attached hydrogens (tertiary/aromatic N) is 2. The van der Waals surface area contributed by atoms with Crippen LogP contribution in [0, 0.1) is 0 Å². The van der Waals surface area contributed by atoms with Crippen LogP contribution in [0.1, 0.15) is 44.1 Å². The van der Waals surface area contributed by atoms with Crippen LogP contribution in [0.25, 0.3) is 0 Å². The molecule has 9 nitrogen and oxygen atoms in total. The predicted octanol–water partition coefficient (Wildman–Crippen LogP) is 1.43. The summed E-state index contributed by atoms with van der Waals surface area (Å²) in [6.45, 7) is 3.02. The van der Waals surface area contributed by atoms with Crippen LogP contribution in [0.2, 0.25) is 0 Å². The second-order valence-corrected chi connectivity index (χ2v) is 9.21. The van der Waals surface area contributed by atoms with E-state index < -0.39 is 30.1 Å². The van der Waals surface area contributed by atoms with Crippen molar-refractivity contribution in [2.45, 2.75) is 63.1 Å². The first kappa shape index (κ1) is 27.8. The molecule has 1 amide bonds. The number of carbonyl (C=O) groups excluding carboxylic acids is 1. The van der Waals surface area contributed by atoms with E-state index in [9.17, 15) is 24.6 Å². The van der Waals surface area contributed by atoms with E-state index >= 15 is 0 Å². The molecule has 1 aliphatic heterocycles. The minimum absolute atomic E-state index is 0.309. The first-order chi connectivity index (χ1) is 16.3. The van der Waals surface area contributed by atoms with Gasteiger partial charge in [0.2, 0.25) is 5.91 Å². The van der Waals surface area contributed by atoms with Crippen LogP contribution in [-0.2, 0) is 20.8 Å². The largest absolute Gasteiger partial charge is 0.480 e. The zero-order chi connectivity index (χ0) is 24.9. The van der Waals surface area contributed by atoms with E-state index in [1.165, 1.54) is 4.90 Å². The maximum Gasteiger partial charge on any atom is 0.326 e. The van der Waals surface area contributed by atoms with Crippen LogP contribution in [0.3, 0.4) is 0 Å². The van der Waals surface area contributed by atoms with Gasteiger partial charge in [-0.3, -0.25) is 14.9 Å². The van der Waals surface area contributed by atoms with Crippen LogP contribution in [0.4, 0.5) is 0 Å². The molecule has 34 heavy (non-hydrogen) atoms. The molecule has 1 aliphatic rings. The van der Waals surface area contributed by atoms with Crippen LogP contribution >= 0.6 is 0 Å². The molecule has 1 aromatic carbocycles. The van der Waals surface area contributed by atoms with Crippen molar-refractivity contribution >= 4 is 17.8 Å². The summed E-state index contributed by atoms with van der Waals surface area (Å²) in [5.74, 6) is -2.32. The number of rotatable bonds is 16. The summed E-state index contributed by atoms with van der Waals surface area (Å²) < 4.78 is 0. The molecular formula is C25H40N4O5. The summed E-state index contributed by atoms with van der Waals surface area (Å²) in [4.78, 5) is 40.4. The molecule has 0 aliphatic carbocycles. The van der Waals surface area contributed by atoms with E-state index in [2.05, 4.69) is 15.5 Å². The number of carboxylic acid groups (broad SMARTS) is 2. The van der Waals surface area contributed by atoms with Gasteiger partial charge in [-0.25, -0.2) is 4.79 Å². The van der Waals surface area contributed by atoms with Crippen LogP contribution < -0.4 is 10.6 Å². The normalized spacial score (nSPS) is 17.6. The van der Waals surface area contributed by atoms with E-state index in [-0.39, 0.29) is 5.91 Å². The lowest BCUT2D eigenvalue weighted by molar-refractivity contribution is -0.149. The van der Waals surface area contributed by atoms with Gasteiger partial charge in [-0.15, -0.1) is 0 Å². The van der Waals surface area contributed by atoms with Gasteiger partial charge in [0.25, 0.3) is 0 Å². The summed E-state index contributed by atoms with van der Waals surface area (Å²) >= 11 is 0. The molecule has 0 bridgehead atoms. The number of carboxylic acids is 2. The van der Waals surface area contributed by atoms with Crippen molar-refractivity contribution in [3.05, 3.63) is 35.9 Å². The van der Waals surface area contributed by atoms with Gasteiger partial charge in [-0.1, -0.05) is 36.8 Å². The Morgan fingerprint density at radius 2 is 1.79 bits per heavy atom. The fourth-order valence-electron chi connectivity index (χ4n) is 4.27. The molecule has 0 aromatic heterocycles. The SMILES string of the molecule is CN(C)CCNCCCC[C@H](N[C@@H](CCc1ccccc1)C(=O)O)C(=O)N1CCC[C@H]1C(=O)O. The summed E-state index contributed by atoms with van der Waals surface area (Å²) in [5, 5.41) is 25.7. The van der Waals surface area contributed by atoms with Crippen molar-refractivity contribution < 1.29 is 24.6 Å². The third-order valence-corrected chi connectivity index (χ3v) is 6.22. The number of likely N-dealkylation sites (N-methyl/N-ethyl adjacent to an activating group) is 1. The Morgan fingerprint density at radius 1 is 1.06 bits per heavy atom. The number of nitrogens with one attached hydrogen (secondary N) is 2. The van der Waals surface area contributed by atoms with Crippen molar-refractivity contribution in [1.29, 1.82) is 0 Å². The number of benzene rings is 1. The molecule has 1 heterocycles. The smallest absolute Gasteiger partial charge is 0.326 e. The Kier molecular flexibility index (Phi) is 12.0. The summed E-state index contributed by atoms with van der Waals surface area (Å²) in [6, 6.07) is 7.19. The lowest BCUT2D eigenvalue weighted by atomic mass is 10.0. The highest BCUT2D eigenvalue weighted by Gasteiger charge is 2.38. The van der Waals surface area contributed by atoms with Gasteiger partial charge in [0.05, 0.1) is 6.04 Å². The molecule has 0 saturated carbocycles. The van der Waals surface area contributed by atoms with Crippen LogP contribution in [0.5, 0.6) is 0 Å². The van der Waals surface area contributed by atoms with Gasteiger partial charge < -0.3 is 25.3 Å². The van der Waals surface area contributed by atoms with E-state index in [4.69, 9.17) is 0 Å². The monoisotopic (exact) mass is 476 g/mol. The predicted molar refractivity (Wildman–Crippen MR) is 131 cm³/mol. The first-order valence-electron chi connectivity index (χ1n) is 12.2. The van der Waals surface area contributed by atoms with Crippen LogP contribution in [0.15, 0.2) is 30.3 Å². The topological polar surface area (TPSA) is 122 Å². The quantitative estimate of drug-likeness (QED) is 0.264. The van der Waals surface area contributed by atoms with Gasteiger partial charge in [-0.05, 0) is 64.7 Å². The lowest BCUT2D eigenvalue weighted by Crippen LogP contribution is -2.54. The average Bonchev–Trinajstić information content (AvgIpc) is 3.30. The van der Waals surface area contributed by atoms with Crippen molar-refractivity contribution in [3.8, 4) is 0 Å². The Morgan fingerprint density at radius 3 is 2.44 bits per heavy atom. The van der Waals surface area contributed by atoms with Gasteiger partial charge >= 0.3 is 11.9 Å². The fraction of sp³-hybridized carbons (Fsp3) is 0.640. The minimum Gasteiger partial charge on any atom is -0.480 e. The molecule has 0 unspecified atom stereocenters. The van der Waals surface area contributed by atoms with E-state index in [0.717, 1.165) is 38.0 Å². The average molecular weight is 477 g/mol. The van der Waals surface area contributed by atoms with E-state index in [1.807, 2.05) is 44.4 Å². The Hall–Kier alpha value is -2.49. The molecular weight excluding hydrogens is 436 g/mol. The molecule has 4 N–H and O–H groups in total. The molecule has 190 valence electrons. The molecule has 1 aromatic rings. The zero-order valence-electron chi connectivity index (χ0n) is 20.4. The number of amides is 1. The van der Waals surface area contributed by atoms with E-state index in [1.54, 1.807) is 0 Å². The van der Waals surface area contributed by atoms with E-state index in [0.29, 0.717) is 38.6 Å². The molecule has 0 spiro atoms. The number of aryl methyl sites for hydroxylation is 1. The Labute approximate surface area is 202 Å². The van der Waals surface area contributed by atoms with Gasteiger partial charge in [-0.2, -0.15) is 0 Å². The second kappa shape index (κ2) is 14.7. The minimum atomic E-state index is -1.01. The summed E-state index contributed by atoms with van der Waals surface area (Å²) in [5.41, 5.74) is 1.03. The first-order valence-corrected chi connectivity index (χ1v) is 12.2. The summed E-state index contributed by atoms with van der Waals surface area (Å²) in [6.07, 6.45) is 4.03. The highest BCUT2D eigenvalue weighted by atomic mass is 16.4. The standard InChI is InChI=1S/C25H40N4O5/c1-28(2)18-16-26-15-7-6-11-20(23(30)29-17-8-12-22(29)25(33)34)27-21(24(31)32)14-13-19-9-4-3-5-10-19/h3-5,9-10,20-22,26-27H,6-8,11-18H2,1-2H3,(H,31,32)(H,33,34)/t20-,21-,22-/m0/s1. The number of likely N-dealkylation sites (tertiary alicyclic amines) is 1. The van der Waals surface area contributed by atoms with Crippen molar-refractivity contribution in [3.63, 3.8) is 0 Å². The number of unbranched alkanes of at least 4 members (excludes halogenated alkanes) is 1. The number of aliphatic carboxylic acids is 2. The van der Waals surface area contributed by atoms with Gasteiger partial charge in [0, 0.05) is 19.6 Å². The van der Waals surface area contributed by atoms with Gasteiger partial charge in [0.15, 0.2) is 0 Å². The molecule has 1 fully saturated rings. The second-order valence-electron chi connectivity index (χ2n) is 9.21. The maximum atomic E-state index is 13.3. The van der Waals surface area contributed by atoms with Crippen LogP contribution in [-0.4, -0.2) is 96.3 Å². The van der Waals surface area contributed by atoms with Crippen molar-refractivity contribution in [1.82, 2.24) is 20.4 Å². The number of hydrogen-bond acceptors (Lipinski definition) is 6. The maximum absolute atomic E-state index is 13.3. The molecule has 1 saturated heterocycles. The lowest BCUT2D eigenvalue weighted by Gasteiger charge is -2.29. The zero-order valence-corrected chi connectivity index (χ0v) is 20.4. The molecule has 0 radical (unpaired) electrons. The van der Waals surface area contributed by atoms with Gasteiger partial charge in [0.1, 0.15) is 12.1 Å². The summed E-state index contributed by atoms with van der Waals surface area (Å²) in [7, 11) is 4.03. The molecule has 9 heteroatoms. The highest BCUT2D eigenvalue weighted by Crippen LogP contribution is 2.20. The van der Waals surface area contributed by atoms with Crippen molar-refractivity contribution in [2.75, 3.05) is 40.3 Å². The fourth-order valence-corrected chi connectivity index (χ4v) is 4.27. The molecule has 3 atom stereocenters. The number of hydrogen-bond donors (Lipinski definition) is 4. The third-order valence-electron chi connectivity index (χ3n) is 6.22. The third kappa shape index (κ3) is 9.40.